The fourth-order valence-corrected chi connectivity index (χ4v) is 6.70. The van der Waals surface area contributed by atoms with Gasteiger partial charge in [0, 0.05) is 9.13 Å². The second-order valence-corrected chi connectivity index (χ2v) is 15.2. The number of nitrogens with zero attached hydrogens (tertiary/aromatic N) is 2. The molecule has 0 radical (unpaired) electrons. The molecule has 162 valence electrons. The molecule has 0 amide bonds. The Morgan fingerprint density at radius 1 is 1.31 bits per heavy atom. The highest BCUT2D eigenvalue weighted by molar-refractivity contribution is 14.1. The molecule has 0 aromatic heterocycles. The van der Waals surface area contributed by atoms with E-state index in [1.807, 2.05) is 20.8 Å². The van der Waals surface area contributed by atoms with Crippen molar-refractivity contribution in [1.82, 2.24) is 4.72 Å². The van der Waals surface area contributed by atoms with Gasteiger partial charge in [0.1, 0.15) is 10.6 Å². The Morgan fingerprint density at radius 2 is 1.90 bits per heavy atom. The number of benzene rings is 1. The van der Waals surface area contributed by atoms with E-state index in [0.29, 0.717) is 0 Å². The Morgan fingerprint density at radius 3 is 2.38 bits per heavy atom. The van der Waals surface area contributed by atoms with Crippen LogP contribution in [0.2, 0.25) is 0 Å². The highest BCUT2D eigenvalue weighted by atomic mass is 127. The van der Waals surface area contributed by atoms with Crippen molar-refractivity contribution in [2.24, 2.45) is 4.36 Å². The molecule has 1 saturated carbocycles. The smallest absolute Gasteiger partial charge is 0.135 e. The summed E-state index contributed by atoms with van der Waals surface area (Å²) in [6.45, 7) is 10.3. The van der Waals surface area contributed by atoms with E-state index in [1.165, 1.54) is 6.07 Å². The second kappa shape index (κ2) is 8.52. The van der Waals surface area contributed by atoms with Crippen LogP contribution in [-0.2, 0) is 26.3 Å². The van der Waals surface area contributed by atoms with Gasteiger partial charge in [-0.2, -0.15) is 5.26 Å². The lowest BCUT2D eigenvalue weighted by atomic mass is 9.95. The molecule has 1 aromatic rings. The minimum atomic E-state index is -3.08. The zero-order valence-corrected chi connectivity index (χ0v) is 21.5. The summed E-state index contributed by atoms with van der Waals surface area (Å²) in [6.07, 6.45) is 1.68. The van der Waals surface area contributed by atoms with Crippen LogP contribution in [0.3, 0.4) is 0 Å². The van der Waals surface area contributed by atoms with Gasteiger partial charge in [0.2, 0.25) is 0 Å². The van der Waals surface area contributed by atoms with Crippen molar-refractivity contribution in [3.63, 3.8) is 0 Å². The summed E-state index contributed by atoms with van der Waals surface area (Å²) in [7, 11) is -4.63. The second-order valence-electron chi connectivity index (χ2n) is 9.18. The predicted octanol–water partition coefficient (Wildman–Crippen LogP) is 4.63. The molecule has 0 bridgehead atoms. The van der Waals surface area contributed by atoms with Gasteiger partial charge in [0.05, 0.1) is 48.9 Å². The zero-order valence-electron chi connectivity index (χ0n) is 17.7. The first-order chi connectivity index (χ1) is 13.1. The Kier molecular flexibility index (Phi) is 7.25. The van der Waals surface area contributed by atoms with Gasteiger partial charge in [0.25, 0.3) is 0 Å². The fraction of sp³-hybridized carbons (Fsp3) is 0.650. The Balaban J connectivity index is 2.67. The minimum Gasteiger partial charge on any atom is -0.248 e. The van der Waals surface area contributed by atoms with Crippen LogP contribution in [0.5, 0.6) is 0 Å². The van der Waals surface area contributed by atoms with Crippen LogP contribution in [0.4, 0.5) is 4.39 Å². The van der Waals surface area contributed by atoms with Crippen molar-refractivity contribution in [3.8, 4) is 6.07 Å². The maximum atomic E-state index is 14.9. The molecule has 0 spiro atoms. The average Bonchev–Trinajstić information content (AvgIpc) is 3.39. The summed E-state index contributed by atoms with van der Waals surface area (Å²) in [5, 5.41) is 9.70. The fourth-order valence-electron chi connectivity index (χ4n) is 2.67. The van der Waals surface area contributed by atoms with Crippen LogP contribution in [0, 0.1) is 20.7 Å². The van der Waals surface area contributed by atoms with E-state index in [0.717, 1.165) is 16.4 Å². The van der Waals surface area contributed by atoms with E-state index >= 15 is 0 Å². The lowest BCUT2D eigenvalue weighted by molar-refractivity contribution is 0.456. The van der Waals surface area contributed by atoms with Gasteiger partial charge in [-0.3, -0.25) is 0 Å². The quantitative estimate of drug-likeness (QED) is 0.500. The largest absolute Gasteiger partial charge is 0.248 e. The van der Waals surface area contributed by atoms with E-state index in [2.05, 4.69) is 37.7 Å². The molecule has 1 aliphatic rings. The summed E-state index contributed by atoms with van der Waals surface area (Å²) in [6, 6.07) is 6.76. The Labute approximate surface area is 190 Å². The molecule has 0 aliphatic heterocycles. The molecule has 1 aliphatic carbocycles. The van der Waals surface area contributed by atoms with E-state index in [-0.39, 0.29) is 17.4 Å². The summed E-state index contributed by atoms with van der Waals surface area (Å²) in [4.78, 5) is 0. The number of hydrogen-bond acceptors (Lipinski definition) is 4. The number of rotatable bonds is 7. The third-order valence-electron chi connectivity index (χ3n) is 4.81. The van der Waals surface area contributed by atoms with Crippen molar-refractivity contribution in [2.45, 2.75) is 75.5 Å². The molecule has 0 heterocycles. The Bertz CT molecular complexity index is 971. The number of nitriles is 1. The zero-order chi connectivity index (χ0) is 22.3. The molecule has 5 nitrogen and oxygen atoms in total. The van der Waals surface area contributed by atoms with Crippen molar-refractivity contribution >= 4 is 43.3 Å². The summed E-state index contributed by atoms with van der Waals surface area (Å²) < 4.78 is 48.5. The van der Waals surface area contributed by atoms with Gasteiger partial charge >= 0.3 is 0 Å². The van der Waals surface area contributed by atoms with Gasteiger partial charge in [-0.15, -0.1) is 0 Å². The van der Waals surface area contributed by atoms with E-state index in [9.17, 15) is 18.1 Å². The van der Waals surface area contributed by atoms with Crippen LogP contribution < -0.4 is 4.72 Å². The van der Waals surface area contributed by atoms with E-state index in [4.69, 9.17) is 0 Å². The highest BCUT2D eigenvalue weighted by Gasteiger charge is 2.44. The van der Waals surface area contributed by atoms with Gasteiger partial charge in [-0.05, 0) is 95.2 Å². The maximum Gasteiger partial charge on any atom is 0.135 e. The van der Waals surface area contributed by atoms with Crippen LogP contribution in [0.25, 0.3) is 0 Å². The molecular weight excluding hydrogens is 524 g/mol. The van der Waals surface area contributed by atoms with Crippen molar-refractivity contribution in [3.05, 3.63) is 33.1 Å². The topological polar surface area (TPSA) is 82.3 Å². The average molecular weight is 554 g/mol. The first-order valence-electron chi connectivity index (χ1n) is 9.43. The molecule has 2 rings (SSSR count). The number of nitrogens with one attached hydrogen (secondary N) is 1. The first kappa shape index (κ1) is 24.7. The van der Waals surface area contributed by atoms with Crippen LogP contribution in [0.1, 0.15) is 59.9 Å². The van der Waals surface area contributed by atoms with Crippen LogP contribution in [0.15, 0.2) is 22.6 Å². The SMILES string of the molecule is CC(C)(C)S(=O)N[C@@](C)(CS(=O)(=NC1CC1)C(C)(C)C#N)c1cc(I)ccc1F. The minimum absolute atomic E-state index is 0.0340. The lowest BCUT2D eigenvalue weighted by Crippen LogP contribution is -2.52. The molecule has 1 N–H and O–H groups in total. The van der Waals surface area contributed by atoms with Gasteiger partial charge < -0.3 is 0 Å². The first-order valence-corrected chi connectivity index (χ1v) is 13.3. The molecule has 2 unspecified atom stereocenters. The Hall–Kier alpha value is -0.570. The van der Waals surface area contributed by atoms with Gasteiger partial charge in [-0.25, -0.2) is 21.9 Å². The van der Waals surface area contributed by atoms with Gasteiger partial charge in [-0.1, -0.05) is 0 Å². The number of hydrogen-bond donors (Lipinski definition) is 1. The molecule has 0 saturated heterocycles. The summed E-state index contributed by atoms with van der Waals surface area (Å²) in [5.74, 6) is -0.593. The predicted molar refractivity (Wildman–Crippen MR) is 126 cm³/mol. The van der Waals surface area contributed by atoms with E-state index in [1.54, 1.807) is 32.9 Å². The van der Waals surface area contributed by atoms with Crippen molar-refractivity contribution < 1.29 is 12.8 Å². The van der Waals surface area contributed by atoms with Crippen LogP contribution >= 0.6 is 22.6 Å². The normalized spacial score (nSPS) is 20.2. The molecule has 9 heteroatoms. The third-order valence-corrected chi connectivity index (χ3v) is 10.5. The standard InChI is InChI=1S/C20H29FIN3O2S2/c1-18(2,3)28(26)25-20(6,16-11-14(22)7-10-17(16)21)13-29(27,19(4,5)12-23)24-15-8-9-15/h7,10-11,15,25H,8-9,13H2,1-6H3/t20-,28?,29?/m0/s1. The maximum absolute atomic E-state index is 14.9. The molecular formula is C20H29FIN3O2S2. The van der Waals surface area contributed by atoms with E-state index < -0.39 is 41.6 Å². The monoisotopic (exact) mass is 553 g/mol. The van der Waals surface area contributed by atoms with Gasteiger partial charge in [0.15, 0.2) is 0 Å². The van der Waals surface area contributed by atoms with Crippen molar-refractivity contribution in [1.29, 1.82) is 5.26 Å². The third kappa shape index (κ3) is 5.77. The molecule has 29 heavy (non-hydrogen) atoms. The molecule has 3 atom stereocenters. The number of halogens is 2. The molecule has 1 aromatic carbocycles. The molecule has 1 fully saturated rings. The van der Waals surface area contributed by atoms with Crippen LogP contribution in [-0.4, -0.2) is 29.7 Å². The lowest BCUT2D eigenvalue weighted by Gasteiger charge is -2.37. The van der Waals surface area contributed by atoms with Crippen molar-refractivity contribution in [2.75, 3.05) is 5.75 Å². The highest BCUT2D eigenvalue weighted by Crippen LogP contribution is 2.36. The summed E-state index contributed by atoms with van der Waals surface area (Å²) in [5.41, 5.74) is -0.970. The summed E-state index contributed by atoms with van der Waals surface area (Å²) >= 11 is 2.09.